The van der Waals surface area contributed by atoms with Gasteiger partial charge in [-0.2, -0.15) is 5.10 Å². The Balaban J connectivity index is 1.24. The molecule has 0 unspecified atom stereocenters. The van der Waals surface area contributed by atoms with E-state index in [-0.39, 0.29) is 11.7 Å². The van der Waals surface area contributed by atoms with E-state index in [0.29, 0.717) is 43.0 Å². The van der Waals surface area contributed by atoms with Crippen LogP contribution in [0.4, 0.5) is 4.39 Å². The number of carbonyl (C=O) groups is 1. The summed E-state index contributed by atoms with van der Waals surface area (Å²) in [5, 5.41) is 7.00. The molecule has 0 spiro atoms. The molecule has 0 radical (unpaired) electrons. The highest BCUT2D eigenvalue weighted by molar-refractivity contribution is 5.76. The van der Waals surface area contributed by atoms with Gasteiger partial charge in [-0.3, -0.25) is 4.79 Å². The molecule has 0 fully saturated rings. The maximum atomic E-state index is 13.8. The number of aryl methyl sites for hydroxylation is 1. The van der Waals surface area contributed by atoms with Gasteiger partial charge in [0.15, 0.2) is 0 Å². The average molecular weight is 404 g/mol. The summed E-state index contributed by atoms with van der Waals surface area (Å²) in [5.41, 5.74) is 2.55. The summed E-state index contributed by atoms with van der Waals surface area (Å²) in [4.78, 5) is 16.1. The molecule has 1 N–H and O–H groups in total. The van der Waals surface area contributed by atoms with Crippen molar-refractivity contribution in [3.63, 3.8) is 0 Å². The Labute approximate surface area is 173 Å². The second-order valence-electron chi connectivity index (χ2n) is 6.93. The van der Waals surface area contributed by atoms with Crippen molar-refractivity contribution in [1.29, 1.82) is 0 Å². The molecule has 0 saturated carbocycles. The minimum Gasteiger partial charge on any atom is -0.461 e. The number of rotatable bonds is 8. The molecule has 4 rings (SSSR count). The summed E-state index contributed by atoms with van der Waals surface area (Å²) in [6.45, 7) is 1.12. The van der Waals surface area contributed by atoms with Crippen LogP contribution in [0, 0.1) is 5.82 Å². The third kappa shape index (κ3) is 5.00. The van der Waals surface area contributed by atoms with Crippen LogP contribution in [-0.2, 0) is 24.3 Å². The molecule has 7 heteroatoms. The van der Waals surface area contributed by atoms with E-state index in [2.05, 4.69) is 15.4 Å². The highest BCUT2D eigenvalue weighted by atomic mass is 19.1. The molecule has 6 nitrogen and oxygen atoms in total. The molecule has 2 aromatic heterocycles. The van der Waals surface area contributed by atoms with Crippen LogP contribution in [0.2, 0.25) is 0 Å². The van der Waals surface area contributed by atoms with Crippen LogP contribution in [0.15, 0.2) is 77.7 Å². The van der Waals surface area contributed by atoms with Gasteiger partial charge < -0.3 is 9.73 Å². The summed E-state index contributed by atoms with van der Waals surface area (Å²) in [5.74, 6) is 0.726. The normalized spacial score (nSPS) is 10.8. The van der Waals surface area contributed by atoms with E-state index >= 15 is 0 Å². The van der Waals surface area contributed by atoms with Crippen molar-refractivity contribution in [2.45, 2.75) is 25.9 Å². The van der Waals surface area contributed by atoms with Crippen molar-refractivity contribution >= 4 is 5.91 Å². The van der Waals surface area contributed by atoms with Crippen LogP contribution in [-0.4, -0.2) is 20.7 Å². The summed E-state index contributed by atoms with van der Waals surface area (Å²) in [6, 6.07) is 18.0. The first kappa shape index (κ1) is 19.6. The smallest absolute Gasteiger partial charge is 0.220 e. The lowest BCUT2D eigenvalue weighted by molar-refractivity contribution is -0.121. The fourth-order valence-corrected chi connectivity index (χ4v) is 3.11. The number of nitrogens with zero attached hydrogens (tertiary/aromatic N) is 3. The van der Waals surface area contributed by atoms with Crippen LogP contribution < -0.4 is 5.32 Å². The lowest BCUT2D eigenvalue weighted by Gasteiger charge is -2.06. The van der Waals surface area contributed by atoms with Crippen LogP contribution in [0.1, 0.15) is 23.3 Å². The molecule has 2 aromatic carbocycles. The minimum absolute atomic E-state index is 0.0643. The Morgan fingerprint density at radius 1 is 1.03 bits per heavy atom. The lowest BCUT2D eigenvalue weighted by atomic mass is 10.1. The Hall–Kier alpha value is -3.74. The van der Waals surface area contributed by atoms with Gasteiger partial charge in [-0.1, -0.05) is 36.4 Å². The van der Waals surface area contributed by atoms with E-state index in [1.165, 1.54) is 12.4 Å². The minimum atomic E-state index is -0.330. The van der Waals surface area contributed by atoms with Gasteiger partial charge in [0.2, 0.25) is 5.91 Å². The molecule has 0 atom stereocenters. The molecule has 2 heterocycles. The van der Waals surface area contributed by atoms with E-state index in [1.54, 1.807) is 41.3 Å². The first-order valence-corrected chi connectivity index (χ1v) is 9.68. The highest BCUT2D eigenvalue weighted by Crippen LogP contribution is 2.25. The second kappa shape index (κ2) is 9.17. The molecule has 30 heavy (non-hydrogen) atoms. The quantitative estimate of drug-likeness (QED) is 0.482. The highest BCUT2D eigenvalue weighted by Gasteiger charge is 2.10. The fourth-order valence-electron chi connectivity index (χ4n) is 3.11. The number of hydrogen-bond acceptors (Lipinski definition) is 4. The standard InChI is InChI=1S/C23H21FN4O2/c24-21-4-2-1-3-20(21)22-11-9-19(30-22)10-12-23(29)26-13-17-5-7-18(8-6-17)14-28-16-25-15-27-28/h1-9,11,15-16H,10,12-14H2,(H,26,29). The Bertz CT molecular complexity index is 1100. The molecule has 0 aliphatic rings. The van der Waals surface area contributed by atoms with Crippen molar-refractivity contribution < 1.29 is 13.6 Å². The largest absolute Gasteiger partial charge is 0.461 e. The average Bonchev–Trinajstić information content (AvgIpc) is 3.44. The second-order valence-corrected chi connectivity index (χ2v) is 6.93. The van der Waals surface area contributed by atoms with Crippen molar-refractivity contribution in [2.75, 3.05) is 0 Å². The molecular formula is C23H21FN4O2. The monoisotopic (exact) mass is 404 g/mol. The van der Waals surface area contributed by atoms with Crippen LogP contribution >= 0.6 is 0 Å². The number of amides is 1. The maximum Gasteiger partial charge on any atom is 0.220 e. The first-order chi connectivity index (χ1) is 14.7. The molecule has 0 aliphatic carbocycles. The third-order valence-corrected chi connectivity index (χ3v) is 4.72. The topological polar surface area (TPSA) is 73.0 Å². The number of furan rings is 1. The number of benzene rings is 2. The molecule has 4 aromatic rings. The van der Waals surface area contributed by atoms with E-state index in [0.717, 1.165) is 11.1 Å². The zero-order valence-corrected chi connectivity index (χ0v) is 16.3. The zero-order chi connectivity index (χ0) is 20.8. The zero-order valence-electron chi connectivity index (χ0n) is 16.3. The summed E-state index contributed by atoms with van der Waals surface area (Å²) in [7, 11) is 0. The summed E-state index contributed by atoms with van der Waals surface area (Å²) >= 11 is 0. The fraction of sp³-hybridized carbons (Fsp3) is 0.174. The summed E-state index contributed by atoms with van der Waals surface area (Å²) < 4.78 is 21.3. The Kier molecular flexibility index (Phi) is 5.98. The van der Waals surface area contributed by atoms with Gasteiger partial charge in [0.05, 0.1) is 12.1 Å². The number of aromatic nitrogens is 3. The number of halogens is 1. The van der Waals surface area contributed by atoms with E-state index < -0.39 is 0 Å². The lowest BCUT2D eigenvalue weighted by Crippen LogP contribution is -2.22. The van der Waals surface area contributed by atoms with Gasteiger partial charge in [0.25, 0.3) is 0 Å². The van der Waals surface area contributed by atoms with Gasteiger partial charge in [-0.05, 0) is 35.4 Å². The van der Waals surface area contributed by atoms with Crippen LogP contribution in [0.5, 0.6) is 0 Å². The van der Waals surface area contributed by atoms with Gasteiger partial charge in [0, 0.05) is 19.4 Å². The van der Waals surface area contributed by atoms with Crippen molar-refractivity contribution in [3.05, 3.63) is 96.0 Å². The third-order valence-electron chi connectivity index (χ3n) is 4.72. The summed E-state index contributed by atoms with van der Waals surface area (Å²) in [6.07, 6.45) is 3.94. The number of nitrogens with one attached hydrogen (secondary N) is 1. The van der Waals surface area contributed by atoms with E-state index in [9.17, 15) is 9.18 Å². The van der Waals surface area contributed by atoms with Crippen molar-refractivity contribution in [1.82, 2.24) is 20.1 Å². The van der Waals surface area contributed by atoms with Gasteiger partial charge in [-0.15, -0.1) is 0 Å². The number of carbonyl (C=O) groups excluding carboxylic acids is 1. The predicted octanol–water partition coefficient (Wildman–Crippen LogP) is 3.97. The SMILES string of the molecule is O=C(CCc1ccc(-c2ccccc2F)o1)NCc1ccc(Cn2cncn2)cc1. The Morgan fingerprint density at radius 2 is 1.83 bits per heavy atom. The number of hydrogen-bond donors (Lipinski definition) is 1. The van der Waals surface area contributed by atoms with Crippen LogP contribution in [0.25, 0.3) is 11.3 Å². The Morgan fingerprint density at radius 3 is 2.60 bits per heavy atom. The first-order valence-electron chi connectivity index (χ1n) is 9.68. The van der Waals surface area contributed by atoms with Gasteiger partial charge in [-0.25, -0.2) is 14.1 Å². The van der Waals surface area contributed by atoms with Crippen LogP contribution in [0.3, 0.4) is 0 Å². The van der Waals surface area contributed by atoms with Crippen molar-refractivity contribution in [3.8, 4) is 11.3 Å². The van der Waals surface area contributed by atoms with E-state index in [4.69, 9.17) is 4.42 Å². The molecule has 152 valence electrons. The van der Waals surface area contributed by atoms with Crippen molar-refractivity contribution in [2.24, 2.45) is 0 Å². The van der Waals surface area contributed by atoms with E-state index in [1.807, 2.05) is 24.3 Å². The van der Waals surface area contributed by atoms with Gasteiger partial charge in [0.1, 0.15) is 30.0 Å². The molecule has 0 aliphatic heterocycles. The molecule has 0 saturated heterocycles. The molecular weight excluding hydrogens is 383 g/mol. The molecule has 0 bridgehead atoms. The maximum absolute atomic E-state index is 13.8. The van der Waals surface area contributed by atoms with Gasteiger partial charge >= 0.3 is 0 Å². The molecule has 1 amide bonds. The predicted molar refractivity (Wildman–Crippen MR) is 110 cm³/mol.